The predicted molar refractivity (Wildman–Crippen MR) is 98.7 cm³/mol. The zero-order valence-corrected chi connectivity index (χ0v) is 15.7. The largest absolute Gasteiger partial charge is 0.363 e. The van der Waals surface area contributed by atoms with Gasteiger partial charge in [-0.15, -0.1) is 0 Å². The number of fused-ring (bicyclic) bond motifs is 1. The van der Waals surface area contributed by atoms with E-state index in [9.17, 15) is 9.59 Å². The van der Waals surface area contributed by atoms with Crippen molar-refractivity contribution < 1.29 is 14.3 Å². The average Bonchev–Trinajstić information content (AvgIpc) is 3.35. The normalized spacial score (nSPS) is 28.1. The Morgan fingerprint density at radius 3 is 2.74 bits per heavy atom. The Labute approximate surface area is 159 Å². The van der Waals surface area contributed by atoms with E-state index in [4.69, 9.17) is 4.74 Å². The van der Waals surface area contributed by atoms with Crippen LogP contribution in [0.3, 0.4) is 0 Å². The Bertz CT molecular complexity index is 662. The van der Waals surface area contributed by atoms with E-state index in [1.807, 2.05) is 4.90 Å². The van der Waals surface area contributed by atoms with Crippen molar-refractivity contribution in [2.45, 2.75) is 69.6 Å². The molecular formula is C20H28N4O3. The lowest BCUT2D eigenvalue weighted by Gasteiger charge is -2.34. The summed E-state index contributed by atoms with van der Waals surface area (Å²) in [5, 5.41) is 3.15. The number of hydrogen-bond donors (Lipinski definition) is 1. The number of aryl methyl sites for hydroxylation is 1. The summed E-state index contributed by atoms with van der Waals surface area (Å²) in [6.07, 6.45) is 12.0. The second-order valence-corrected chi connectivity index (χ2v) is 8.02. The van der Waals surface area contributed by atoms with Crippen LogP contribution in [0.4, 0.5) is 0 Å². The number of piperidine rings is 1. The van der Waals surface area contributed by atoms with Gasteiger partial charge < -0.3 is 15.0 Å². The molecule has 146 valence electrons. The number of nitrogens with zero attached hydrogens (tertiary/aromatic N) is 3. The van der Waals surface area contributed by atoms with Crippen LogP contribution >= 0.6 is 0 Å². The van der Waals surface area contributed by atoms with Gasteiger partial charge in [0.05, 0.1) is 6.10 Å². The van der Waals surface area contributed by atoms with Crippen LogP contribution in [0.5, 0.6) is 0 Å². The smallest absolute Gasteiger partial charge is 0.249 e. The summed E-state index contributed by atoms with van der Waals surface area (Å²) in [5.41, 5.74) is 0.974. The van der Waals surface area contributed by atoms with E-state index in [1.165, 1.54) is 19.2 Å². The molecule has 0 aromatic carbocycles. The summed E-state index contributed by atoms with van der Waals surface area (Å²) in [6, 6.07) is 0.323. The standard InChI is InChI=1S/C20H28N4O3/c25-19(6-5-14-10-21-13-22-11-14)24-8-7-15-9-17(27-18(15)12-24)20(26)23-16-3-1-2-4-16/h10-11,13,15-18H,1-9,12H2,(H,23,26)/t15-,17?,18-/m0/s1. The summed E-state index contributed by atoms with van der Waals surface area (Å²) in [7, 11) is 0. The first-order valence-electron chi connectivity index (χ1n) is 10.2. The molecular weight excluding hydrogens is 344 g/mol. The monoisotopic (exact) mass is 372 g/mol. The van der Waals surface area contributed by atoms with Crippen LogP contribution in [0.25, 0.3) is 0 Å². The number of nitrogens with one attached hydrogen (secondary N) is 1. The molecule has 3 heterocycles. The van der Waals surface area contributed by atoms with E-state index in [2.05, 4.69) is 15.3 Å². The molecule has 1 N–H and O–H groups in total. The molecule has 1 saturated carbocycles. The van der Waals surface area contributed by atoms with Gasteiger partial charge in [0.2, 0.25) is 11.8 Å². The molecule has 1 aromatic rings. The van der Waals surface area contributed by atoms with Crippen LogP contribution < -0.4 is 5.32 Å². The van der Waals surface area contributed by atoms with Crippen molar-refractivity contribution in [2.75, 3.05) is 13.1 Å². The van der Waals surface area contributed by atoms with Gasteiger partial charge in [-0.05, 0) is 43.6 Å². The van der Waals surface area contributed by atoms with Crippen molar-refractivity contribution in [3.63, 3.8) is 0 Å². The predicted octanol–water partition coefficient (Wildman–Crippen LogP) is 1.47. The maximum atomic E-state index is 12.6. The van der Waals surface area contributed by atoms with E-state index in [-0.39, 0.29) is 24.0 Å². The average molecular weight is 372 g/mol. The fourth-order valence-electron chi connectivity index (χ4n) is 4.56. The van der Waals surface area contributed by atoms with Gasteiger partial charge in [0.25, 0.3) is 0 Å². The molecule has 1 aromatic heterocycles. The lowest BCUT2D eigenvalue weighted by Crippen LogP contribution is -2.45. The number of carbonyl (C=O) groups is 2. The van der Waals surface area contributed by atoms with Crippen molar-refractivity contribution in [1.82, 2.24) is 20.2 Å². The topological polar surface area (TPSA) is 84.4 Å². The molecule has 0 radical (unpaired) electrons. The third-order valence-electron chi connectivity index (χ3n) is 6.14. The highest BCUT2D eigenvalue weighted by atomic mass is 16.5. The van der Waals surface area contributed by atoms with Crippen LogP contribution in [0, 0.1) is 5.92 Å². The molecule has 0 bridgehead atoms. The Kier molecular flexibility index (Phi) is 5.66. The molecule has 3 fully saturated rings. The highest BCUT2D eigenvalue weighted by Crippen LogP contribution is 2.34. The summed E-state index contributed by atoms with van der Waals surface area (Å²) in [4.78, 5) is 34.9. The van der Waals surface area contributed by atoms with E-state index in [1.54, 1.807) is 12.4 Å². The van der Waals surface area contributed by atoms with Crippen LogP contribution in [0.1, 0.15) is 50.5 Å². The first-order chi connectivity index (χ1) is 13.2. The third-order valence-corrected chi connectivity index (χ3v) is 6.14. The number of hydrogen-bond acceptors (Lipinski definition) is 5. The highest BCUT2D eigenvalue weighted by Gasteiger charge is 2.43. The summed E-state index contributed by atoms with van der Waals surface area (Å²) >= 11 is 0. The Hall–Kier alpha value is -2.02. The third kappa shape index (κ3) is 4.46. The molecule has 3 atom stereocenters. The molecule has 0 spiro atoms. The number of ether oxygens (including phenoxy) is 1. The van der Waals surface area contributed by atoms with Crippen LogP contribution in [-0.4, -0.2) is 58.0 Å². The highest BCUT2D eigenvalue weighted by molar-refractivity contribution is 5.81. The van der Waals surface area contributed by atoms with Gasteiger partial charge in [-0.2, -0.15) is 0 Å². The lowest BCUT2D eigenvalue weighted by atomic mass is 9.91. The molecule has 2 saturated heterocycles. The number of rotatable bonds is 5. The minimum atomic E-state index is -0.350. The minimum absolute atomic E-state index is 0.0120. The second-order valence-electron chi connectivity index (χ2n) is 8.02. The van der Waals surface area contributed by atoms with Gasteiger partial charge in [-0.25, -0.2) is 9.97 Å². The van der Waals surface area contributed by atoms with Crippen molar-refractivity contribution in [3.8, 4) is 0 Å². The van der Waals surface area contributed by atoms with E-state index < -0.39 is 0 Å². The fourth-order valence-corrected chi connectivity index (χ4v) is 4.56. The Morgan fingerprint density at radius 1 is 1.19 bits per heavy atom. The Balaban J connectivity index is 1.25. The first kappa shape index (κ1) is 18.3. The summed E-state index contributed by atoms with van der Waals surface area (Å²) < 4.78 is 6.05. The van der Waals surface area contributed by atoms with Crippen molar-refractivity contribution in [2.24, 2.45) is 5.92 Å². The SMILES string of the molecule is O=C(NC1CCCC1)C1C[C@@H]2CCN(C(=O)CCc3cncnc3)C[C@@H]2O1. The zero-order chi connectivity index (χ0) is 18.6. The molecule has 2 amide bonds. The molecule has 2 aliphatic heterocycles. The zero-order valence-electron chi connectivity index (χ0n) is 15.7. The van der Waals surface area contributed by atoms with Crippen LogP contribution in [0.15, 0.2) is 18.7 Å². The molecule has 7 heteroatoms. The first-order valence-corrected chi connectivity index (χ1v) is 10.2. The number of amides is 2. The Morgan fingerprint density at radius 2 is 1.96 bits per heavy atom. The number of carbonyl (C=O) groups excluding carboxylic acids is 2. The van der Waals surface area contributed by atoms with Gasteiger partial charge in [0.15, 0.2) is 0 Å². The molecule has 7 nitrogen and oxygen atoms in total. The van der Waals surface area contributed by atoms with Crippen LogP contribution in [-0.2, 0) is 20.7 Å². The molecule has 3 aliphatic rings. The maximum absolute atomic E-state index is 12.6. The molecule has 4 rings (SSSR count). The van der Waals surface area contributed by atoms with Crippen molar-refractivity contribution in [1.29, 1.82) is 0 Å². The van der Waals surface area contributed by atoms with Gasteiger partial charge >= 0.3 is 0 Å². The quantitative estimate of drug-likeness (QED) is 0.846. The van der Waals surface area contributed by atoms with Gasteiger partial charge in [-0.1, -0.05) is 12.8 Å². The van der Waals surface area contributed by atoms with Gasteiger partial charge in [-0.3, -0.25) is 9.59 Å². The number of aromatic nitrogens is 2. The lowest BCUT2D eigenvalue weighted by molar-refractivity contribution is -0.138. The van der Waals surface area contributed by atoms with Crippen molar-refractivity contribution in [3.05, 3.63) is 24.3 Å². The second kappa shape index (κ2) is 8.33. The fraction of sp³-hybridized carbons (Fsp3) is 0.700. The molecule has 1 unspecified atom stereocenters. The summed E-state index contributed by atoms with van der Waals surface area (Å²) in [5.74, 6) is 0.564. The maximum Gasteiger partial charge on any atom is 0.249 e. The molecule has 27 heavy (non-hydrogen) atoms. The van der Waals surface area contributed by atoms with E-state index in [0.717, 1.165) is 37.8 Å². The van der Waals surface area contributed by atoms with Gasteiger partial charge in [0.1, 0.15) is 12.4 Å². The van der Waals surface area contributed by atoms with E-state index >= 15 is 0 Å². The minimum Gasteiger partial charge on any atom is -0.363 e. The summed E-state index contributed by atoms with van der Waals surface area (Å²) in [6.45, 7) is 1.35. The van der Waals surface area contributed by atoms with E-state index in [0.29, 0.717) is 31.3 Å². The van der Waals surface area contributed by atoms with Crippen molar-refractivity contribution >= 4 is 11.8 Å². The van der Waals surface area contributed by atoms with Crippen LogP contribution in [0.2, 0.25) is 0 Å². The molecule has 1 aliphatic carbocycles. The van der Waals surface area contributed by atoms with Gasteiger partial charge in [0, 0.05) is 37.9 Å². The number of likely N-dealkylation sites (tertiary alicyclic amines) is 1.